The molecule has 0 atom stereocenters. The summed E-state index contributed by atoms with van der Waals surface area (Å²) in [6.45, 7) is -0.157. The topological polar surface area (TPSA) is 156 Å². The molecule has 104 valence electrons. The summed E-state index contributed by atoms with van der Waals surface area (Å²) in [5.41, 5.74) is 4.45. The predicted octanol–water partition coefficient (Wildman–Crippen LogP) is -0.504. The van der Waals surface area contributed by atoms with E-state index in [1.54, 1.807) is 0 Å². The Morgan fingerprint density at radius 2 is 2.05 bits per heavy atom. The summed E-state index contributed by atoms with van der Waals surface area (Å²) in [5.74, 6) is -0.798. The van der Waals surface area contributed by atoms with Gasteiger partial charge in [-0.05, 0) is 6.07 Å². The summed E-state index contributed by atoms with van der Waals surface area (Å²) in [5, 5.41) is 15.5. The van der Waals surface area contributed by atoms with Crippen molar-refractivity contribution in [2.75, 3.05) is 6.61 Å². The molecule has 1 amide bonds. The Morgan fingerprint density at radius 1 is 1.42 bits per heavy atom. The van der Waals surface area contributed by atoms with Gasteiger partial charge in [0.15, 0.2) is 0 Å². The zero-order chi connectivity index (χ0) is 14.6. The predicted molar refractivity (Wildman–Crippen MR) is 63.8 cm³/mol. The first-order valence-corrected chi connectivity index (χ1v) is 6.49. The van der Waals surface area contributed by atoms with Crippen LogP contribution in [0.1, 0.15) is 6.42 Å². The maximum absolute atomic E-state index is 11.3. The van der Waals surface area contributed by atoms with Crippen molar-refractivity contribution in [3.05, 3.63) is 28.3 Å². The van der Waals surface area contributed by atoms with Crippen LogP contribution in [-0.2, 0) is 14.8 Å². The van der Waals surface area contributed by atoms with E-state index in [0.717, 1.165) is 18.2 Å². The van der Waals surface area contributed by atoms with Crippen molar-refractivity contribution in [3.63, 3.8) is 0 Å². The average molecular weight is 289 g/mol. The van der Waals surface area contributed by atoms with Crippen LogP contribution in [0.4, 0.5) is 5.69 Å². The molecule has 0 aliphatic heterocycles. The molecular formula is C9H11N3O6S. The molecule has 9 nitrogen and oxygen atoms in total. The number of primary amides is 1. The minimum Gasteiger partial charge on any atom is -0.492 e. The molecule has 0 aliphatic rings. The molecule has 1 rings (SSSR count). The van der Waals surface area contributed by atoms with Gasteiger partial charge in [-0.25, -0.2) is 13.6 Å². The van der Waals surface area contributed by atoms with Crippen molar-refractivity contribution in [2.45, 2.75) is 11.3 Å². The molecule has 1 aromatic rings. The van der Waals surface area contributed by atoms with Gasteiger partial charge in [-0.2, -0.15) is 0 Å². The Labute approximate surface area is 108 Å². The third kappa shape index (κ3) is 4.19. The number of nitrogens with zero attached hydrogens (tertiary/aromatic N) is 1. The highest BCUT2D eigenvalue weighted by atomic mass is 32.2. The van der Waals surface area contributed by atoms with Gasteiger partial charge in [-0.3, -0.25) is 14.9 Å². The lowest BCUT2D eigenvalue weighted by Gasteiger charge is -2.09. The number of amides is 1. The molecular weight excluding hydrogens is 278 g/mol. The fourth-order valence-corrected chi connectivity index (χ4v) is 1.91. The van der Waals surface area contributed by atoms with Gasteiger partial charge in [0.05, 0.1) is 18.0 Å². The molecule has 0 unspecified atom stereocenters. The molecule has 19 heavy (non-hydrogen) atoms. The third-order valence-corrected chi connectivity index (χ3v) is 2.98. The SMILES string of the molecule is NC(=O)CCOc1ccc([N+](=O)[O-])cc1S(N)(=O)=O. The summed E-state index contributed by atoms with van der Waals surface area (Å²) in [6.07, 6.45) is -0.124. The van der Waals surface area contributed by atoms with Crippen LogP contribution in [0.15, 0.2) is 23.1 Å². The molecule has 0 heterocycles. The van der Waals surface area contributed by atoms with Crippen molar-refractivity contribution in [2.24, 2.45) is 10.9 Å². The van der Waals surface area contributed by atoms with Crippen LogP contribution in [0.25, 0.3) is 0 Å². The van der Waals surface area contributed by atoms with Gasteiger partial charge in [-0.15, -0.1) is 0 Å². The van der Waals surface area contributed by atoms with Crippen LogP contribution in [-0.4, -0.2) is 25.9 Å². The van der Waals surface area contributed by atoms with Crippen LogP contribution in [0.5, 0.6) is 5.75 Å². The number of nitro groups is 1. The lowest BCUT2D eigenvalue weighted by Crippen LogP contribution is -2.17. The largest absolute Gasteiger partial charge is 0.492 e. The second-order valence-electron chi connectivity index (χ2n) is 3.50. The maximum atomic E-state index is 11.3. The summed E-state index contributed by atoms with van der Waals surface area (Å²) in [7, 11) is -4.19. The van der Waals surface area contributed by atoms with Gasteiger partial charge in [0.1, 0.15) is 10.6 Å². The van der Waals surface area contributed by atoms with Crippen molar-refractivity contribution in [1.29, 1.82) is 0 Å². The number of ether oxygens (including phenoxy) is 1. The summed E-state index contributed by atoms with van der Waals surface area (Å²) in [4.78, 5) is 19.8. The quantitative estimate of drug-likeness (QED) is 0.531. The second kappa shape index (κ2) is 5.63. The molecule has 0 radical (unpaired) electrons. The number of rotatable bonds is 6. The van der Waals surface area contributed by atoms with E-state index in [0.29, 0.717) is 0 Å². The molecule has 1 aromatic carbocycles. The summed E-state index contributed by atoms with van der Waals surface area (Å²) in [6, 6.07) is 2.95. The van der Waals surface area contributed by atoms with E-state index >= 15 is 0 Å². The van der Waals surface area contributed by atoms with Gasteiger partial charge < -0.3 is 10.5 Å². The van der Waals surface area contributed by atoms with E-state index in [-0.39, 0.29) is 18.8 Å². The van der Waals surface area contributed by atoms with E-state index in [4.69, 9.17) is 15.6 Å². The fraction of sp³-hybridized carbons (Fsp3) is 0.222. The van der Waals surface area contributed by atoms with Gasteiger partial charge >= 0.3 is 0 Å². The third-order valence-electron chi connectivity index (χ3n) is 2.05. The first-order valence-electron chi connectivity index (χ1n) is 4.94. The molecule has 10 heteroatoms. The second-order valence-corrected chi connectivity index (χ2v) is 5.03. The summed E-state index contributed by atoms with van der Waals surface area (Å²) < 4.78 is 27.6. The van der Waals surface area contributed by atoms with Gasteiger partial charge in [0.25, 0.3) is 5.69 Å². The standard InChI is InChI=1S/C9H11N3O6S/c10-9(13)3-4-18-7-2-1-6(12(14)15)5-8(7)19(11,16)17/h1-2,5H,3-4H2,(H2,10,13)(H2,11,16,17). The molecule has 0 saturated heterocycles. The lowest BCUT2D eigenvalue weighted by molar-refractivity contribution is -0.385. The zero-order valence-corrected chi connectivity index (χ0v) is 10.4. The first kappa shape index (κ1) is 14.9. The minimum atomic E-state index is -4.19. The Morgan fingerprint density at radius 3 is 2.53 bits per heavy atom. The van der Waals surface area contributed by atoms with Crippen LogP contribution in [0, 0.1) is 10.1 Å². The minimum absolute atomic E-state index is 0.124. The van der Waals surface area contributed by atoms with Crippen LogP contribution >= 0.6 is 0 Å². The number of primary sulfonamides is 1. The Hall–Kier alpha value is -2.20. The Balaban J connectivity index is 3.10. The van der Waals surface area contributed by atoms with Crippen molar-refractivity contribution in [1.82, 2.24) is 0 Å². The van der Waals surface area contributed by atoms with E-state index < -0.39 is 31.4 Å². The van der Waals surface area contributed by atoms with Gasteiger partial charge in [0.2, 0.25) is 15.9 Å². The molecule has 0 saturated carbocycles. The van der Waals surface area contributed by atoms with E-state index in [1.807, 2.05) is 0 Å². The maximum Gasteiger partial charge on any atom is 0.271 e. The fourth-order valence-electron chi connectivity index (χ4n) is 1.21. The number of carbonyl (C=O) groups excluding carboxylic acids is 1. The van der Waals surface area contributed by atoms with Gasteiger partial charge in [0, 0.05) is 12.1 Å². The van der Waals surface area contributed by atoms with Crippen LogP contribution in [0.2, 0.25) is 0 Å². The molecule has 0 aromatic heterocycles. The number of non-ortho nitro benzene ring substituents is 1. The monoisotopic (exact) mass is 289 g/mol. The Kier molecular flexibility index (Phi) is 4.40. The van der Waals surface area contributed by atoms with E-state index in [2.05, 4.69) is 0 Å². The zero-order valence-electron chi connectivity index (χ0n) is 9.61. The number of hydrogen-bond acceptors (Lipinski definition) is 6. The molecule has 0 spiro atoms. The number of benzene rings is 1. The van der Waals surface area contributed by atoms with Crippen molar-refractivity contribution < 1.29 is 22.9 Å². The van der Waals surface area contributed by atoms with Crippen molar-refractivity contribution >= 4 is 21.6 Å². The number of nitrogens with two attached hydrogens (primary N) is 2. The average Bonchev–Trinajstić information content (AvgIpc) is 2.27. The lowest BCUT2D eigenvalue weighted by atomic mass is 10.3. The number of carbonyl (C=O) groups is 1. The number of hydrogen-bond donors (Lipinski definition) is 2. The highest BCUT2D eigenvalue weighted by Crippen LogP contribution is 2.27. The molecule has 0 aliphatic carbocycles. The van der Waals surface area contributed by atoms with Crippen molar-refractivity contribution in [3.8, 4) is 5.75 Å². The highest BCUT2D eigenvalue weighted by Gasteiger charge is 2.20. The van der Waals surface area contributed by atoms with E-state index in [9.17, 15) is 23.3 Å². The molecule has 0 fully saturated rings. The van der Waals surface area contributed by atoms with Crippen LogP contribution < -0.4 is 15.6 Å². The number of sulfonamides is 1. The van der Waals surface area contributed by atoms with E-state index in [1.165, 1.54) is 0 Å². The Bertz CT molecular complexity index is 612. The number of nitro benzene ring substituents is 1. The normalized spacial score (nSPS) is 11.0. The first-order chi connectivity index (χ1) is 8.71. The van der Waals surface area contributed by atoms with Crippen LogP contribution in [0.3, 0.4) is 0 Å². The molecule has 0 bridgehead atoms. The molecule has 4 N–H and O–H groups in total. The highest BCUT2D eigenvalue weighted by molar-refractivity contribution is 7.89. The van der Waals surface area contributed by atoms with Gasteiger partial charge in [-0.1, -0.05) is 0 Å². The smallest absolute Gasteiger partial charge is 0.271 e. The summed E-state index contributed by atoms with van der Waals surface area (Å²) >= 11 is 0.